The van der Waals surface area contributed by atoms with E-state index in [9.17, 15) is 4.79 Å². The maximum Gasteiger partial charge on any atom is 0.168 e. The molecule has 1 rings (SSSR count). The monoisotopic (exact) mass is 168 g/mol. The minimum Gasteiger partial charge on any atom is -0.358 e. The molecule has 0 saturated carbocycles. The van der Waals surface area contributed by atoms with E-state index in [1.807, 2.05) is 13.8 Å². The fourth-order valence-corrected chi connectivity index (χ4v) is 1.50. The average molecular weight is 168 g/mol. The molecule has 12 heavy (non-hydrogen) atoms. The van der Waals surface area contributed by atoms with Crippen molar-refractivity contribution >= 4 is 5.78 Å². The van der Waals surface area contributed by atoms with Crippen molar-refractivity contribution in [3.8, 4) is 0 Å². The van der Waals surface area contributed by atoms with Crippen LogP contribution in [0.2, 0.25) is 0 Å². The van der Waals surface area contributed by atoms with Gasteiger partial charge in [-0.3, -0.25) is 4.79 Å². The summed E-state index contributed by atoms with van der Waals surface area (Å²) in [7, 11) is 0. The summed E-state index contributed by atoms with van der Waals surface area (Å²) in [5, 5.41) is 0. The molecule has 0 bridgehead atoms. The van der Waals surface area contributed by atoms with Crippen LogP contribution in [0.3, 0.4) is 0 Å². The molecular weight excluding hydrogens is 152 g/mol. The average Bonchev–Trinajstić information content (AvgIpc) is 1.97. The molecule has 0 aromatic heterocycles. The molecule has 2 heteroatoms. The summed E-state index contributed by atoms with van der Waals surface area (Å²) in [6, 6.07) is 0. The number of carbonyl (C=O) groups is 1. The van der Waals surface area contributed by atoms with Gasteiger partial charge >= 0.3 is 0 Å². The van der Waals surface area contributed by atoms with Crippen molar-refractivity contribution in [1.29, 1.82) is 0 Å². The van der Waals surface area contributed by atoms with Crippen molar-refractivity contribution in [3.63, 3.8) is 0 Å². The molecule has 1 fully saturated rings. The Bertz CT molecular complexity index is 218. The van der Waals surface area contributed by atoms with E-state index in [-0.39, 0.29) is 11.4 Å². The van der Waals surface area contributed by atoms with Gasteiger partial charge in [-0.2, -0.15) is 0 Å². The first kappa shape index (κ1) is 9.46. The molecule has 0 N–H and O–H groups in total. The smallest absolute Gasteiger partial charge is 0.168 e. The highest BCUT2D eigenvalue weighted by Gasteiger charge is 2.41. The molecule has 0 aromatic carbocycles. The Kier molecular flexibility index (Phi) is 2.13. The van der Waals surface area contributed by atoms with Crippen LogP contribution in [0.25, 0.3) is 0 Å². The lowest BCUT2D eigenvalue weighted by atomic mass is 9.87. The number of Topliss-reactive ketones (excluding diaryl/α,β-unsaturated/α-hetero) is 1. The van der Waals surface area contributed by atoms with Gasteiger partial charge < -0.3 is 4.74 Å². The molecule has 68 valence electrons. The molecule has 0 amide bonds. The zero-order chi connectivity index (χ0) is 9.41. The zero-order valence-corrected chi connectivity index (χ0v) is 8.02. The van der Waals surface area contributed by atoms with Crippen LogP contribution in [0.4, 0.5) is 0 Å². The zero-order valence-electron chi connectivity index (χ0n) is 8.02. The highest BCUT2D eigenvalue weighted by Crippen LogP contribution is 2.32. The summed E-state index contributed by atoms with van der Waals surface area (Å²) in [5.74, 6) is 0.136. The Labute approximate surface area is 73.6 Å². The highest BCUT2D eigenvalue weighted by molar-refractivity contribution is 5.89. The van der Waals surface area contributed by atoms with Crippen LogP contribution in [-0.2, 0) is 9.53 Å². The van der Waals surface area contributed by atoms with Gasteiger partial charge in [0.1, 0.15) is 5.60 Å². The molecule has 1 aliphatic rings. The quantitative estimate of drug-likeness (QED) is 0.560. The summed E-state index contributed by atoms with van der Waals surface area (Å²) in [6.45, 7) is 9.41. The standard InChI is InChI=1S/C10H16O2/c1-5-10(4)8(11)6-7-9(2,3)12-10/h5H,1,6-7H2,2-4H3. The Balaban J connectivity index is 2.86. The number of hydrogen-bond acceptors (Lipinski definition) is 2. The van der Waals surface area contributed by atoms with Crippen molar-refractivity contribution in [2.24, 2.45) is 0 Å². The fraction of sp³-hybridized carbons (Fsp3) is 0.700. The molecule has 0 aliphatic carbocycles. The topological polar surface area (TPSA) is 26.3 Å². The van der Waals surface area contributed by atoms with Crippen LogP contribution in [-0.4, -0.2) is 17.0 Å². The second kappa shape index (κ2) is 2.70. The lowest BCUT2D eigenvalue weighted by Gasteiger charge is -2.40. The van der Waals surface area contributed by atoms with Gasteiger partial charge in [-0.05, 0) is 27.2 Å². The molecule has 1 heterocycles. The van der Waals surface area contributed by atoms with E-state index >= 15 is 0 Å². The Morgan fingerprint density at radius 3 is 2.50 bits per heavy atom. The van der Waals surface area contributed by atoms with Gasteiger partial charge in [-0.25, -0.2) is 0 Å². The van der Waals surface area contributed by atoms with E-state index in [4.69, 9.17) is 4.74 Å². The van der Waals surface area contributed by atoms with Gasteiger partial charge in [-0.1, -0.05) is 12.7 Å². The van der Waals surface area contributed by atoms with Gasteiger partial charge in [0.25, 0.3) is 0 Å². The molecule has 1 atom stereocenters. The second-order valence-electron chi connectivity index (χ2n) is 4.10. The summed E-state index contributed by atoms with van der Waals surface area (Å²) in [4.78, 5) is 11.4. The van der Waals surface area contributed by atoms with Crippen LogP contribution in [0, 0.1) is 0 Å². The number of ether oxygens (including phenoxy) is 1. The molecule has 0 spiro atoms. The first-order chi connectivity index (χ1) is 5.40. The summed E-state index contributed by atoms with van der Waals surface area (Å²) in [6.07, 6.45) is 2.99. The third-order valence-corrected chi connectivity index (χ3v) is 2.39. The maximum absolute atomic E-state index is 11.4. The van der Waals surface area contributed by atoms with Crippen LogP contribution < -0.4 is 0 Å². The van der Waals surface area contributed by atoms with Crippen molar-refractivity contribution in [2.75, 3.05) is 0 Å². The Hall–Kier alpha value is -0.630. The Morgan fingerprint density at radius 1 is 1.50 bits per heavy atom. The van der Waals surface area contributed by atoms with E-state index in [2.05, 4.69) is 6.58 Å². The summed E-state index contributed by atoms with van der Waals surface area (Å²) < 4.78 is 5.66. The molecule has 0 radical (unpaired) electrons. The first-order valence-corrected chi connectivity index (χ1v) is 4.27. The minimum atomic E-state index is -0.762. The maximum atomic E-state index is 11.4. The SMILES string of the molecule is C=CC1(C)OC(C)(C)CCC1=O. The molecule has 1 saturated heterocycles. The van der Waals surface area contributed by atoms with E-state index in [0.717, 1.165) is 6.42 Å². The van der Waals surface area contributed by atoms with E-state index in [1.165, 1.54) is 0 Å². The fourth-order valence-electron chi connectivity index (χ4n) is 1.50. The third-order valence-electron chi connectivity index (χ3n) is 2.39. The van der Waals surface area contributed by atoms with E-state index < -0.39 is 5.60 Å². The lowest BCUT2D eigenvalue weighted by Crippen LogP contribution is -2.48. The van der Waals surface area contributed by atoms with Gasteiger partial charge in [0.2, 0.25) is 0 Å². The summed E-state index contributed by atoms with van der Waals surface area (Å²) >= 11 is 0. The first-order valence-electron chi connectivity index (χ1n) is 4.27. The number of rotatable bonds is 1. The van der Waals surface area contributed by atoms with Crippen LogP contribution in [0.15, 0.2) is 12.7 Å². The summed E-state index contributed by atoms with van der Waals surface area (Å²) in [5.41, 5.74) is -0.960. The van der Waals surface area contributed by atoms with Gasteiger partial charge in [-0.15, -0.1) is 0 Å². The van der Waals surface area contributed by atoms with Crippen LogP contribution in [0.1, 0.15) is 33.6 Å². The third kappa shape index (κ3) is 1.58. The second-order valence-corrected chi connectivity index (χ2v) is 4.10. The van der Waals surface area contributed by atoms with Gasteiger partial charge in [0.15, 0.2) is 5.78 Å². The lowest BCUT2D eigenvalue weighted by molar-refractivity contribution is -0.168. The number of ketones is 1. The van der Waals surface area contributed by atoms with Gasteiger partial charge in [0.05, 0.1) is 5.60 Å². The predicted octanol–water partition coefficient (Wildman–Crippen LogP) is 2.09. The number of hydrogen-bond donors (Lipinski definition) is 0. The number of carbonyl (C=O) groups excluding carboxylic acids is 1. The van der Waals surface area contributed by atoms with E-state index in [0.29, 0.717) is 6.42 Å². The molecule has 0 aromatic rings. The molecule has 1 aliphatic heterocycles. The molecular formula is C10H16O2. The van der Waals surface area contributed by atoms with Crippen molar-refractivity contribution < 1.29 is 9.53 Å². The Morgan fingerprint density at radius 2 is 2.08 bits per heavy atom. The van der Waals surface area contributed by atoms with Crippen LogP contribution in [0.5, 0.6) is 0 Å². The van der Waals surface area contributed by atoms with Crippen molar-refractivity contribution in [2.45, 2.75) is 44.8 Å². The van der Waals surface area contributed by atoms with Crippen LogP contribution >= 0.6 is 0 Å². The molecule has 1 unspecified atom stereocenters. The van der Waals surface area contributed by atoms with Crippen molar-refractivity contribution in [3.05, 3.63) is 12.7 Å². The normalized spacial score (nSPS) is 34.8. The van der Waals surface area contributed by atoms with Gasteiger partial charge in [0, 0.05) is 6.42 Å². The highest BCUT2D eigenvalue weighted by atomic mass is 16.5. The molecule has 2 nitrogen and oxygen atoms in total. The minimum absolute atomic E-state index is 0.136. The van der Waals surface area contributed by atoms with E-state index in [1.54, 1.807) is 13.0 Å². The largest absolute Gasteiger partial charge is 0.358 e. The van der Waals surface area contributed by atoms with Crippen molar-refractivity contribution in [1.82, 2.24) is 0 Å². The predicted molar refractivity (Wildman–Crippen MR) is 48.0 cm³/mol.